The molecule has 0 aromatic heterocycles. The molecule has 1 aromatic rings. The van der Waals surface area contributed by atoms with Crippen LogP contribution in [-0.4, -0.2) is 10.9 Å². The van der Waals surface area contributed by atoms with Gasteiger partial charge in [0.25, 0.3) is 0 Å². The van der Waals surface area contributed by atoms with Gasteiger partial charge < -0.3 is 5.11 Å². The van der Waals surface area contributed by atoms with E-state index < -0.39 is 0 Å². The highest BCUT2D eigenvalue weighted by molar-refractivity contribution is 5.78. The SMILES string of the molecule is CC(=O)Cc1ccc(CO)cc1. The van der Waals surface area contributed by atoms with E-state index in [4.69, 9.17) is 5.11 Å². The molecule has 1 aromatic carbocycles. The van der Waals surface area contributed by atoms with Gasteiger partial charge in [0.05, 0.1) is 6.61 Å². The number of Topliss-reactive ketones (excluding diaryl/α,β-unsaturated/α-hetero) is 1. The summed E-state index contributed by atoms with van der Waals surface area (Å²) in [6.45, 7) is 1.63. The van der Waals surface area contributed by atoms with E-state index in [0.29, 0.717) is 6.42 Å². The van der Waals surface area contributed by atoms with Gasteiger partial charge in [-0.2, -0.15) is 0 Å². The smallest absolute Gasteiger partial charge is 0.134 e. The third-order valence-corrected chi connectivity index (χ3v) is 1.66. The molecule has 0 amide bonds. The van der Waals surface area contributed by atoms with Crippen LogP contribution in [0.3, 0.4) is 0 Å². The molecule has 0 fully saturated rings. The van der Waals surface area contributed by atoms with Gasteiger partial charge in [0.2, 0.25) is 0 Å². The lowest BCUT2D eigenvalue weighted by atomic mass is 10.1. The Bertz CT molecular complexity index is 262. The largest absolute Gasteiger partial charge is 0.392 e. The molecule has 0 aliphatic carbocycles. The Morgan fingerprint density at radius 3 is 2.17 bits per heavy atom. The quantitative estimate of drug-likeness (QED) is 0.731. The van der Waals surface area contributed by atoms with Crippen molar-refractivity contribution >= 4 is 5.78 Å². The Labute approximate surface area is 71.8 Å². The van der Waals surface area contributed by atoms with Crippen molar-refractivity contribution in [3.05, 3.63) is 35.4 Å². The van der Waals surface area contributed by atoms with E-state index in [2.05, 4.69) is 0 Å². The Morgan fingerprint density at radius 2 is 1.75 bits per heavy atom. The zero-order valence-electron chi connectivity index (χ0n) is 7.08. The Kier molecular flexibility index (Phi) is 3.00. The molecule has 0 saturated carbocycles. The van der Waals surface area contributed by atoms with Gasteiger partial charge in [0.1, 0.15) is 5.78 Å². The van der Waals surface area contributed by atoms with Gasteiger partial charge in [0.15, 0.2) is 0 Å². The molecule has 0 heterocycles. The molecule has 0 radical (unpaired) electrons. The number of aliphatic hydroxyl groups is 1. The van der Waals surface area contributed by atoms with Gasteiger partial charge in [-0.3, -0.25) is 4.79 Å². The summed E-state index contributed by atoms with van der Waals surface area (Å²) in [5.74, 6) is 0.159. The predicted molar refractivity (Wildman–Crippen MR) is 46.7 cm³/mol. The standard InChI is InChI=1S/C10H12O2/c1-8(12)6-9-2-4-10(7-11)5-3-9/h2-5,11H,6-7H2,1H3. The normalized spacial score (nSPS) is 9.83. The van der Waals surface area contributed by atoms with Crippen molar-refractivity contribution in [1.82, 2.24) is 0 Å². The highest BCUT2D eigenvalue weighted by Crippen LogP contribution is 2.05. The highest BCUT2D eigenvalue weighted by atomic mass is 16.3. The van der Waals surface area contributed by atoms with E-state index in [9.17, 15) is 4.79 Å². The van der Waals surface area contributed by atoms with Crippen molar-refractivity contribution in [3.63, 3.8) is 0 Å². The predicted octanol–water partition coefficient (Wildman–Crippen LogP) is 1.31. The van der Waals surface area contributed by atoms with E-state index in [1.807, 2.05) is 24.3 Å². The molecular weight excluding hydrogens is 152 g/mol. The lowest BCUT2D eigenvalue weighted by Gasteiger charge is -1.98. The molecule has 0 atom stereocenters. The van der Waals surface area contributed by atoms with E-state index in [1.165, 1.54) is 0 Å². The third kappa shape index (κ3) is 2.47. The minimum atomic E-state index is 0.0559. The second-order valence-electron chi connectivity index (χ2n) is 2.85. The average Bonchev–Trinajstić information content (AvgIpc) is 2.05. The fourth-order valence-electron chi connectivity index (χ4n) is 1.05. The summed E-state index contributed by atoms with van der Waals surface area (Å²) in [5, 5.41) is 8.74. The van der Waals surface area contributed by atoms with Crippen molar-refractivity contribution in [2.75, 3.05) is 0 Å². The number of benzene rings is 1. The maximum absolute atomic E-state index is 10.7. The lowest BCUT2D eigenvalue weighted by Crippen LogP contribution is -1.96. The molecule has 2 nitrogen and oxygen atoms in total. The zero-order valence-corrected chi connectivity index (χ0v) is 7.08. The molecule has 64 valence electrons. The van der Waals surface area contributed by atoms with Crippen molar-refractivity contribution in [2.24, 2.45) is 0 Å². The van der Waals surface area contributed by atoms with Gasteiger partial charge >= 0.3 is 0 Å². The summed E-state index contributed by atoms with van der Waals surface area (Å²) in [5.41, 5.74) is 1.88. The van der Waals surface area contributed by atoms with Crippen LogP contribution in [-0.2, 0) is 17.8 Å². The maximum atomic E-state index is 10.7. The number of aliphatic hydroxyl groups excluding tert-OH is 1. The number of rotatable bonds is 3. The van der Waals surface area contributed by atoms with Gasteiger partial charge in [0, 0.05) is 6.42 Å². The van der Waals surface area contributed by atoms with Gasteiger partial charge in [-0.1, -0.05) is 24.3 Å². The van der Waals surface area contributed by atoms with Crippen LogP contribution in [0.25, 0.3) is 0 Å². The number of hydrogen-bond donors (Lipinski definition) is 1. The monoisotopic (exact) mass is 164 g/mol. The maximum Gasteiger partial charge on any atom is 0.134 e. The summed E-state index contributed by atoms with van der Waals surface area (Å²) in [6, 6.07) is 7.40. The molecule has 1 N–H and O–H groups in total. The fraction of sp³-hybridized carbons (Fsp3) is 0.300. The highest BCUT2D eigenvalue weighted by Gasteiger charge is 1.96. The summed E-state index contributed by atoms with van der Waals surface area (Å²) in [4.78, 5) is 10.7. The summed E-state index contributed by atoms with van der Waals surface area (Å²) in [6.07, 6.45) is 0.478. The second kappa shape index (κ2) is 4.02. The second-order valence-corrected chi connectivity index (χ2v) is 2.85. The average molecular weight is 164 g/mol. The van der Waals surface area contributed by atoms with E-state index in [0.717, 1.165) is 11.1 Å². The van der Waals surface area contributed by atoms with Gasteiger partial charge in [-0.25, -0.2) is 0 Å². The first-order valence-corrected chi connectivity index (χ1v) is 3.90. The third-order valence-electron chi connectivity index (χ3n) is 1.66. The number of carbonyl (C=O) groups excluding carboxylic acids is 1. The molecule has 2 heteroatoms. The molecule has 0 aliphatic rings. The van der Waals surface area contributed by atoms with Crippen molar-refractivity contribution in [2.45, 2.75) is 20.0 Å². The van der Waals surface area contributed by atoms with Crippen molar-refractivity contribution in [3.8, 4) is 0 Å². The van der Waals surface area contributed by atoms with Gasteiger partial charge in [-0.05, 0) is 18.1 Å². The van der Waals surface area contributed by atoms with Crippen molar-refractivity contribution < 1.29 is 9.90 Å². The topological polar surface area (TPSA) is 37.3 Å². The Balaban J connectivity index is 2.71. The van der Waals surface area contributed by atoms with E-state index in [1.54, 1.807) is 6.92 Å². The van der Waals surface area contributed by atoms with Gasteiger partial charge in [-0.15, -0.1) is 0 Å². The van der Waals surface area contributed by atoms with Crippen LogP contribution in [0.4, 0.5) is 0 Å². The van der Waals surface area contributed by atoms with Crippen molar-refractivity contribution in [1.29, 1.82) is 0 Å². The Hall–Kier alpha value is -1.15. The molecule has 0 bridgehead atoms. The van der Waals surface area contributed by atoms with Crippen LogP contribution in [0.5, 0.6) is 0 Å². The number of ketones is 1. The number of carbonyl (C=O) groups is 1. The van der Waals surface area contributed by atoms with Crippen LogP contribution in [0.15, 0.2) is 24.3 Å². The summed E-state index contributed by atoms with van der Waals surface area (Å²) in [7, 11) is 0. The fourth-order valence-corrected chi connectivity index (χ4v) is 1.05. The van der Waals surface area contributed by atoms with E-state index >= 15 is 0 Å². The van der Waals surface area contributed by atoms with Crippen LogP contribution >= 0.6 is 0 Å². The lowest BCUT2D eigenvalue weighted by molar-refractivity contribution is -0.116. The number of hydrogen-bond acceptors (Lipinski definition) is 2. The summed E-state index contributed by atoms with van der Waals surface area (Å²) < 4.78 is 0. The van der Waals surface area contributed by atoms with Crippen LogP contribution < -0.4 is 0 Å². The van der Waals surface area contributed by atoms with Crippen LogP contribution in [0.1, 0.15) is 18.1 Å². The Morgan fingerprint density at radius 1 is 1.25 bits per heavy atom. The molecule has 0 saturated heterocycles. The molecule has 0 aliphatic heterocycles. The minimum absolute atomic E-state index is 0.0559. The first-order valence-electron chi connectivity index (χ1n) is 3.90. The minimum Gasteiger partial charge on any atom is -0.392 e. The summed E-state index contributed by atoms with van der Waals surface area (Å²) >= 11 is 0. The molecule has 0 unspecified atom stereocenters. The zero-order chi connectivity index (χ0) is 8.97. The first-order chi connectivity index (χ1) is 5.72. The molecule has 12 heavy (non-hydrogen) atoms. The van der Waals surface area contributed by atoms with Crippen LogP contribution in [0.2, 0.25) is 0 Å². The van der Waals surface area contributed by atoms with Crippen LogP contribution in [0, 0.1) is 0 Å². The van der Waals surface area contributed by atoms with E-state index in [-0.39, 0.29) is 12.4 Å². The molecule has 1 rings (SSSR count). The molecular formula is C10H12O2. The molecule has 0 spiro atoms. The first kappa shape index (κ1) is 8.94.